The Morgan fingerprint density at radius 3 is 1.54 bits per heavy atom. The molecule has 2 aliphatic heterocycles. The van der Waals surface area contributed by atoms with Crippen LogP contribution in [0.5, 0.6) is 0 Å². The third kappa shape index (κ3) is 12.9. The van der Waals surface area contributed by atoms with Gasteiger partial charge in [0, 0.05) is 43.1 Å². The Balaban J connectivity index is 0.000000665. The first-order valence-corrected chi connectivity index (χ1v) is 13.2. The number of ether oxygens (including phenoxy) is 1. The molecular weight excluding hydrogens is 519 g/mol. The third-order valence-corrected chi connectivity index (χ3v) is 6.97. The topological polar surface area (TPSA) is 120 Å². The monoisotopic (exact) mass is 568 g/mol. The highest BCUT2D eigenvalue weighted by atomic mass is 35.5. The summed E-state index contributed by atoms with van der Waals surface area (Å²) < 4.78 is 5.37. The summed E-state index contributed by atoms with van der Waals surface area (Å²) in [6.07, 6.45) is 7.66. The van der Waals surface area contributed by atoms with Crippen molar-refractivity contribution in [2.45, 2.75) is 103 Å². The van der Waals surface area contributed by atoms with Crippen molar-refractivity contribution in [2.75, 3.05) is 33.3 Å². The summed E-state index contributed by atoms with van der Waals surface area (Å²) in [6.45, 7) is 13.2. The fourth-order valence-electron chi connectivity index (χ4n) is 4.23. The molecule has 0 radical (unpaired) electrons. The van der Waals surface area contributed by atoms with E-state index in [9.17, 15) is 14.4 Å². The summed E-state index contributed by atoms with van der Waals surface area (Å²) in [5, 5.41) is 16.6. The highest BCUT2D eigenvalue weighted by molar-refractivity contribution is 5.85. The SMILES string of the molecule is CC1(NC(=O)C2CC2)CCN(C(=O)OC(C)(C)C)CC1.CC1(NC(=O)C2CC2)CCNCC1.CO.Cl.Cl. The summed E-state index contributed by atoms with van der Waals surface area (Å²) in [5.41, 5.74) is -0.582. The molecule has 2 aliphatic carbocycles. The molecule has 218 valence electrons. The zero-order valence-corrected chi connectivity index (χ0v) is 25.1. The molecular formula is C26H50Cl2N4O5. The van der Waals surface area contributed by atoms with Gasteiger partial charge in [0.15, 0.2) is 0 Å². The van der Waals surface area contributed by atoms with E-state index in [0.29, 0.717) is 19.0 Å². The highest BCUT2D eigenvalue weighted by Gasteiger charge is 2.38. The maximum Gasteiger partial charge on any atom is 0.410 e. The molecule has 0 aromatic carbocycles. The van der Waals surface area contributed by atoms with E-state index in [1.807, 2.05) is 20.8 Å². The van der Waals surface area contributed by atoms with Crippen LogP contribution in [0.2, 0.25) is 0 Å². The number of nitrogens with zero attached hydrogens (tertiary/aromatic N) is 1. The van der Waals surface area contributed by atoms with Gasteiger partial charge in [0.05, 0.1) is 0 Å². The fourth-order valence-corrected chi connectivity index (χ4v) is 4.23. The zero-order chi connectivity index (χ0) is 26.3. The number of carbonyl (C=O) groups excluding carboxylic acids is 3. The van der Waals surface area contributed by atoms with Gasteiger partial charge in [-0.1, -0.05) is 0 Å². The third-order valence-electron chi connectivity index (χ3n) is 6.97. The van der Waals surface area contributed by atoms with Crippen LogP contribution in [-0.2, 0) is 14.3 Å². The fraction of sp³-hybridized carbons (Fsp3) is 0.885. The van der Waals surface area contributed by atoms with Crippen LogP contribution in [0.1, 0.15) is 86.0 Å². The van der Waals surface area contributed by atoms with Gasteiger partial charge in [-0.05, 0) is 99.1 Å². The molecule has 0 aromatic rings. The van der Waals surface area contributed by atoms with Crippen molar-refractivity contribution < 1.29 is 24.2 Å². The number of rotatable bonds is 4. The Morgan fingerprint density at radius 1 is 0.811 bits per heavy atom. The van der Waals surface area contributed by atoms with Gasteiger partial charge in [0.2, 0.25) is 11.8 Å². The predicted octanol–water partition coefficient (Wildman–Crippen LogP) is 3.41. The lowest BCUT2D eigenvalue weighted by atomic mass is 9.89. The Hall–Kier alpha value is -1.29. The summed E-state index contributed by atoms with van der Waals surface area (Å²) in [4.78, 5) is 37.1. The standard InChI is InChI=1S/C15H26N2O3.C10H18N2O.CH4O.2ClH/c1-14(2,3)20-13(19)17-9-7-15(4,8-10-17)16-12(18)11-5-6-11;1-10(4-6-11-7-5-10)12-9(13)8-2-3-8;1-2;;/h11H,5-10H2,1-4H3,(H,16,18);8,11H,2-7H2,1H3,(H,12,13);2H,1H3;2*1H. The molecule has 4 aliphatic rings. The predicted molar refractivity (Wildman–Crippen MR) is 150 cm³/mol. The number of hydrogen-bond acceptors (Lipinski definition) is 6. The molecule has 0 bridgehead atoms. The van der Waals surface area contributed by atoms with Gasteiger partial charge in [-0.25, -0.2) is 4.79 Å². The van der Waals surface area contributed by atoms with E-state index in [4.69, 9.17) is 9.84 Å². The van der Waals surface area contributed by atoms with Gasteiger partial charge in [-0.3, -0.25) is 9.59 Å². The molecule has 11 heteroatoms. The number of amides is 3. The van der Waals surface area contributed by atoms with Gasteiger partial charge in [-0.2, -0.15) is 0 Å². The van der Waals surface area contributed by atoms with Crippen LogP contribution in [0.25, 0.3) is 0 Å². The minimum atomic E-state index is -0.460. The zero-order valence-electron chi connectivity index (χ0n) is 23.5. The van der Waals surface area contributed by atoms with Crippen LogP contribution in [0.3, 0.4) is 0 Å². The average molecular weight is 570 g/mol. The molecule has 37 heavy (non-hydrogen) atoms. The van der Waals surface area contributed by atoms with Gasteiger partial charge in [0.1, 0.15) is 5.60 Å². The van der Waals surface area contributed by atoms with Crippen molar-refractivity contribution in [3.63, 3.8) is 0 Å². The van der Waals surface area contributed by atoms with E-state index in [2.05, 4.69) is 29.8 Å². The molecule has 9 nitrogen and oxygen atoms in total. The van der Waals surface area contributed by atoms with Crippen molar-refractivity contribution in [1.82, 2.24) is 20.9 Å². The summed E-state index contributed by atoms with van der Waals surface area (Å²) >= 11 is 0. The molecule has 4 N–H and O–H groups in total. The molecule has 0 unspecified atom stereocenters. The Bertz CT molecular complexity index is 725. The number of likely N-dealkylation sites (tertiary alicyclic amines) is 1. The van der Waals surface area contributed by atoms with Gasteiger partial charge >= 0.3 is 6.09 Å². The maximum absolute atomic E-state index is 12.0. The van der Waals surface area contributed by atoms with Crippen molar-refractivity contribution in [3.05, 3.63) is 0 Å². The number of hydrogen-bond donors (Lipinski definition) is 4. The molecule has 0 atom stereocenters. The molecule has 2 saturated carbocycles. The second kappa shape index (κ2) is 15.3. The van der Waals surface area contributed by atoms with E-state index in [1.54, 1.807) is 4.90 Å². The Morgan fingerprint density at radius 2 is 1.19 bits per heavy atom. The molecule has 0 spiro atoms. The number of carbonyl (C=O) groups is 3. The van der Waals surface area contributed by atoms with Crippen molar-refractivity contribution in [2.24, 2.45) is 11.8 Å². The largest absolute Gasteiger partial charge is 0.444 e. The van der Waals surface area contributed by atoms with Crippen LogP contribution >= 0.6 is 24.8 Å². The number of nitrogens with one attached hydrogen (secondary N) is 3. The van der Waals surface area contributed by atoms with Crippen molar-refractivity contribution >= 4 is 42.7 Å². The van der Waals surface area contributed by atoms with E-state index in [-0.39, 0.29) is 59.7 Å². The van der Waals surface area contributed by atoms with Gasteiger partial charge < -0.3 is 30.7 Å². The van der Waals surface area contributed by atoms with E-state index >= 15 is 0 Å². The first-order chi connectivity index (χ1) is 16.4. The first kappa shape index (κ1) is 35.7. The lowest BCUT2D eigenvalue weighted by molar-refractivity contribution is -0.125. The smallest absolute Gasteiger partial charge is 0.410 e. The molecule has 4 fully saturated rings. The molecule has 2 saturated heterocycles. The Labute approximate surface area is 235 Å². The summed E-state index contributed by atoms with van der Waals surface area (Å²) in [6, 6.07) is 0. The second-order valence-electron chi connectivity index (χ2n) is 11.9. The van der Waals surface area contributed by atoms with Crippen LogP contribution in [0, 0.1) is 11.8 Å². The number of piperidine rings is 2. The molecule has 0 aromatic heterocycles. The van der Waals surface area contributed by atoms with Crippen LogP contribution < -0.4 is 16.0 Å². The molecule has 3 amide bonds. The molecule has 4 rings (SSSR count). The molecule has 2 heterocycles. The summed E-state index contributed by atoms with van der Waals surface area (Å²) in [7, 11) is 1.00. The van der Waals surface area contributed by atoms with Crippen LogP contribution in [0.4, 0.5) is 4.79 Å². The highest BCUT2D eigenvalue weighted by Crippen LogP contribution is 2.32. The minimum Gasteiger partial charge on any atom is -0.444 e. The first-order valence-electron chi connectivity index (χ1n) is 13.2. The number of aliphatic hydroxyl groups excluding tert-OH is 1. The van der Waals surface area contributed by atoms with Crippen LogP contribution in [-0.4, -0.2) is 77.9 Å². The minimum absolute atomic E-state index is 0. The normalized spacial score (nSPS) is 21.6. The van der Waals surface area contributed by atoms with Crippen molar-refractivity contribution in [3.8, 4) is 0 Å². The number of aliphatic hydroxyl groups is 1. The second-order valence-corrected chi connectivity index (χ2v) is 11.9. The summed E-state index contributed by atoms with van der Waals surface area (Å²) in [5.74, 6) is 1.03. The Kier molecular flexibility index (Phi) is 14.8. The van der Waals surface area contributed by atoms with Gasteiger partial charge in [-0.15, -0.1) is 24.8 Å². The van der Waals surface area contributed by atoms with Gasteiger partial charge in [0.25, 0.3) is 0 Å². The number of halogens is 2. The quantitative estimate of drug-likeness (QED) is 0.412. The van der Waals surface area contributed by atoms with E-state index in [1.165, 1.54) is 0 Å². The lowest BCUT2D eigenvalue weighted by Crippen LogP contribution is -2.55. The average Bonchev–Trinajstić information content (AvgIpc) is 3.67. The van der Waals surface area contributed by atoms with Crippen LogP contribution in [0.15, 0.2) is 0 Å². The maximum atomic E-state index is 12.0. The van der Waals surface area contributed by atoms with E-state index < -0.39 is 5.60 Å². The van der Waals surface area contributed by atoms with Crippen molar-refractivity contribution in [1.29, 1.82) is 0 Å². The van der Waals surface area contributed by atoms with E-state index in [0.717, 1.165) is 71.6 Å². The lowest BCUT2D eigenvalue weighted by Gasteiger charge is -2.40.